The second-order valence-electron chi connectivity index (χ2n) is 5.86. The summed E-state index contributed by atoms with van der Waals surface area (Å²) in [5.41, 5.74) is 13.9. The fourth-order valence-corrected chi connectivity index (χ4v) is 2.44. The van der Waals surface area contributed by atoms with E-state index in [1.807, 2.05) is 19.1 Å². The van der Waals surface area contributed by atoms with Crippen LogP contribution in [-0.2, 0) is 6.54 Å². The van der Waals surface area contributed by atoms with Gasteiger partial charge < -0.3 is 11.1 Å². The van der Waals surface area contributed by atoms with Crippen LogP contribution in [0, 0.1) is 12.7 Å². The van der Waals surface area contributed by atoms with E-state index >= 15 is 0 Å². The van der Waals surface area contributed by atoms with Crippen molar-refractivity contribution in [1.29, 1.82) is 0 Å². The number of nitrogen functional groups attached to an aromatic ring is 1. The van der Waals surface area contributed by atoms with Crippen molar-refractivity contribution in [3.8, 4) is 0 Å². The molecule has 3 rings (SSSR count). The number of halogens is 1. The lowest BCUT2D eigenvalue weighted by molar-refractivity contribution is 0.0962. The van der Waals surface area contributed by atoms with Gasteiger partial charge in [-0.1, -0.05) is 30.3 Å². The average molecular weight is 366 g/mol. The Balaban J connectivity index is 1.65. The first kappa shape index (κ1) is 18.1. The van der Waals surface area contributed by atoms with Gasteiger partial charge in [0, 0.05) is 12.1 Å². The maximum Gasteiger partial charge on any atom is 0.269 e. The van der Waals surface area contributed by atoms with Gasteiger partial charge in [0.15, 0.2) is 11.6 Å². The van der Waals surface area contributed by atoms with Crippen LogP contribution in [0.2, 0.25) is 0 Å². The van der Waals surface area contributed by atoms with Crippen molar-refractivity contribution in [2.24, 2.45) is 0 Å². The number of benzene rings is 2. The lowest BCUT2D eigenvalue weighted by Crippen LogP contribution is -2.31. The van der Waals surface area contributed by atoms with Crippen LogP contribution in [0.5, 0.6) is 0 Å². The van der Waals surface area contributed by atoms with E-state index in [9.17, 15) is 9.18 Å². The number of hydrazine groups is 1. The summed E-state index contributed by atoms with van der Waals surface area (Å²) in [4.78, 5) is 20.4. The first-order valence-corrected chi connectivity index (χ1v) is 8.25. The number of nitrogens with zero attached hydrogens (tertiary/aromatic N) is 2. The molecule has 0 bridgehead atoms. The Hall–Kier alpha value is -3.68. The Kier molecular flexibility index (Phi) is 5.46. The van der Waals surface area contributed by atoms with E-state index in [0.717, 1.165) is 11.1 Å². The molecule has 1 aromatic heterocycles. The van der Waals surface area contributed by atoms with E-state index in [-0.39, 0.29) is 23.2 Å². The molecule has 0 saturated carbocycles. The Bertz CT molecular complexity index is 945. The normalized spacial score (nSPS) is 10.3. The van der Waals surface area contributed by atoms with Crippen LogP contribution >= 0.6 is 0 Å². The van der Waals surface area contributed by atoms with E-state index in [2.05, 4.69) is 26.1 Å². The first-order valence-electron chi connectivity index (χ1n) is 8.25. The maximum absolute atomic E-state index is 13.0. The molecule has 0 aliphatic carbocycles. The average Bonchev–Trinajstić information content (AvgIpc) is 2.67. The lowest BCUT2D eigenvalue weighted by atomic mass is 10.1. The molecule has 2 aromatic carbocycles. The number of carbonyl (C=O) groups excluding carboxylic acids is 1. The molecule has 0 fully saturated rings. The number of hydrogen-bond acceptors (Lipinski definition) is 6. The third kappa shape index (κ3) is 4.49. The number of hydrogen-bond donors (Lipinski definition) is 4. The summed E-state index contributed by atoms with van der Waals surface area (Å²) in [5, 5.41) is 3.07. The molecule has 0 unspecified atom stereocenters. The van der Waals surface area contributed by atoms with Crippen molar-refractivity contribution in [2.45, 2.75) is 13.5 Å². The Morgan fingerprint density at radius 2 is 1.78 bits per heavy atom. The van der Waals surface area contributed by atoms with Crippen LogP contribution < -0.4 is 21.9 Å². The van der Waals surface area contributed by atoms with Gasteiger partial charge in [0.2, 0.25) is 0 Å². The van der Waals surface area contributed by atoms with Crippen LogP contribution in [0.1, 0.15) is 21.5 Å². The van der Waals surface area contributed by atoms with Crippen LogP contribution in [0.15, 0.2) is 54.9 Å². The molecule has 0 aliphatic rings. The highest BCUT2D eigenvalue weighted by atomic mass is 19.1. The highest BCUT2D eigenvalue weighted by Crippen LogP contribution is 2.22. The highest BCUT2D eigenvalue weighted by Gasteiger charge is 2.11. The van der Waals surface area contributed by atoms with Crippen molar-refractivity contribution in [2.75, 3.05) is 16.5 Å². The fraction of sp³-hybridized carbons (Fsp3) is 0.105. The van der Waals surface area contributed by atoms with E-state index < -0.39 is 0 Å². The topological polar surface area (TPSA) is 105 Å². The van der Waals surface area contributed by atoms with Gasteiger partial charge in [-0.15, -0.1) is 0 Å². The number of nitrogens with one attached hydrogen (secondary N) is 3. The number of amides is 1. The van der Waals surface area contributed by atoms with Gasteiger partial charge in [-0.25, -0.2) is 14.4 Å². The van der Waals surface area contributed by atoms with Gasteiger partial charge in [-0.3, -0.25) is 15.6 Å². The van der Waals surface area contributed by atoms with Crippen molar-refractivity contribution < 1.29 is 9.18 Å². The van der Waals surface area contributed by atoms with Gasteiger partial charge in [0.1, 0.15) is 17.8 Å². The molecule has 0 atom stereocenters. The Labute approximate surface area is 155 Å². The summed E-state index contributed by atoms with van der Waals surface area (Å²) < 4.78 is 13.0. The minimum absolute atomic E-state index is 0.254. The maximum atomic E-state index is 13.0. The van der Waals surface area contributed by atoms with Crippen LogP contribution in [0.3, 0.4) is 0 Å². The number of aryl methyl sites for hydroxylation is 1. The predicted molar refractivity (Wildman–Crippen MR) is 102 cm³/mol. The van der Waals surface area contributed by atoms with Crippen LogP contribution in [0.4, 0.5) is 21.7 Å². The van der Waals surface area contributed by atoms with Gasteiger partial charge >= 0.3 is 0 Å². The molecule has 0 aliphatic heterocycles. The van der Waals surface area contributed by atoms with E-state index in [1.54, 1.807) is 24.3 Å². The summed E-state index contributed by atoms with van der Waals surface area (Å²) >= 11 is 0. The van der Waals surface area contributed by atoms with E-state index in [0.29, 0.717) is 17.9 Å². The zero-order chi connectivity index (χ0) is 19.2. The second-order valence-corrected chi connectivity index (χ2v) is 5.86. The van der Waals surface area contributed by atoms with Crippen molar-refractivity contribution in [3.63, 3.8) is 0 Å². The zero-order valence-electron chi connectivity index (χ0n) is 14.7. The molecule has 0 saturated heterocycles. The predicted octanol–water partition coefficient (Wildman–Crippen LogP) is 2.88. The van der Waals surface area contributed by atoms with Gasteiger partial charge in [-0.2, -0.15) is 0 Å². The lowest BCUT2D eigenvalue weighted by Gasteiger charge is -2.13. The Morgan fingerprint density at radius 3 is 2.52 bits per heavy atom. The SMILES string of the molecule is Cc1ccccc1C(=O)NNc1ncnc(NCc2ccc(F)cc2)c1N. The molecule has 0 spiro atoms. The highest BCUT2D eigenvalue weighted by molar-refractivity contribution is 5.96. The molecule has 138 valence electrons. The first-order chi connectivity index (χ1) is 13.0. The summed E-state index contributed by atoms with van der Waals surface area (Å²) in [5.74, 6) is 0.0821. The molecular weight excluding hydrogens is 347 g/mol. The van der Waals surface area contributed by atoms with Crippen molar-refractivity contribution >= 4 is 23.2 Å². The second kappa shape index (κ2) is 8.13. The minimum atomic E-state index is -0.299. The van der Waals surface area contributed by atoms with Crippen molar-refractivity contribution in [1.82, 2.24) is 15.4 Å². The number of aromatic nitrogens is 2. The third-order valence-electron chi connectivity index (χ3n) is 3.94. The monoisotopic (exact) mass is 366 g/mol. The minimum Gasteiger partial charge on any atom is -0.393 e. The molecule has 7 nitrogen and oxygen atoms in total. The number of carbonyl (C=O) groups is 1. The third-order valence-corrected chi connectivity index (χ3v) is 3.94. The fourth-order valence-electron chi connectivity index (χ4n) is 2.44. The van der Waals surface area contributed by atoms with Gasteiger partial charge in [0.05, 0.1) is 0 Å². The molecule has 1 amide bonds. The molecule has 1 heterocycles. The van der Waals surface area contributed by atoms with Crippen LogP contribution in [0.25, 0.3) is 0 Å². The number of nitrogens with two attached hydrogens (primary N) is 1. The molecular formula is C19H19FN6O. The summed E-state index contributed by atoms with van der Waals surface area (Å²) in [6.45, 7) is 2.27. The summed E-state index contributed by atoms with van der Waals surface area (Å²) in [6, 6.07) is 13.3. The molecule has 5 N–H and O–H groups in total. The van der Waals surface area contributed by atoms with Gasteiger partial charge in [-0.05, 0) is 36.2 Å². The quantitative estimate of drug-likeness (QED) is 0.500. The number of anilines is 3. The van der Waals surface area contributed by atoms with E-state index in [4.69, 9.17) is 5.73 Å². The molecule has 27 heavy (non-hydrogen) atoms. The van der Waals surface area contributed by atoms with Crippen LogP contribution in [-0.4, -0.2) is 15.9 Å². The molecule has 8 heteroatoms. The smallest absolute Gasteiger partial charge is 0.269 e. The summed E-state index contributed by atoms with van der Waals surface area (Å²) in [7, 11) is 0. The summed E-state index contributed by atoms with van der Waals surface area (Å²) in [6.07, 6.45) is 1.33. The number of rotatable bonds is 6. The molecule has 0 radical (unpaired) electrons. The van der Waals surface area contributed by atoms with Gasteiger partial charge in [0.25, 0.3) is 5.91 Å². The molecule has 3 aromatic rings. The standard InChI is InChI=1S/C19H19FN6O/c1-12-4-2-3-5-15(12)19(27)26-25-18-16(21)17(23-11-24-18)22-10-13-6-8-14(20)9-7-13/h2-9,11H,10,21H2,1H3,(H,26,27)(H2,22,23,24,25). The van der Waals surface area contributed by atoms with E-state index in [1.165, 1.54) is 18.5 Å². The zero-order valence-corrected chi connectivity index (χ0v) is 14.7. The largest absolute Gasteiger partial charge is 0.393 e. The van der Waals surface area contributed by atoms with Crippen molar-refractivity contribution in [3.05, 3.63) is 77.4 Å². The Morgan fingerprint density at radius 1 is 1.07 bits per heavy atom.